The van der Waals surface area contributed by atoms with Crippen molar-refractivity contribution in [1.29, 1.82) is 0 Å². The maximum absolute atomic E-state index is 4.62. The van der Waals surface area contributed by atoms with Crippen molar-refractivity contribution in [3.63, 3.8) is 0 Å². The first-order valence-corrected chi connectivity index (χ1v) is 8.23. The standard InChI is InChI=1S/C18H19N3S/c1-14(2)17-18(22-16-9-4-3-5-10-16)21(13-20-17)12-15-8-6-7-11-19-15/h3-11,13-14H,12H2,1-2H3. The van der Waals surface area contributed by atoms with Gasteiger partial charge in [-0.1, -0.05) is 49.9 Å². The Balaban J connectivity index is 1.93. The molecule has 112 valence electrons. The second-order valence-electron chi connectivity index (χ2n) is 5.45. The summed E-state index contributed by atoms with van der Waals surface area (Å²) in [5, 5.41) is 1.20. The molecule has 22 heavy (non-hydrogen) atoms. The predicted molar refractivity (Wildman–Crippen MR) is 90.2 cm³/mol. The molecule has 0 aliphatic heterocycles. The van der Waals surface area contributed by atoms with Crippen molar-refractivity contribution in [2.75, 3.05) is 0 Å². The number of rotatable bonds is 5. The quantitative estimate of drug-likeness (QED) is 0.690. The van der Waals surface area contributed by atoms with E-state index in [1.807, 2.05) is 36.8 Å². The van der Waals surface area contributed by atoms with Gasteiger partial charge in [0.15, 0.2) is 0 Å². The molecule has 0 aliphatic rings. The van der Waals surface area contributed by atoms with Gasteiger partial charge in [-0.2, -0.15) is 0 Å². The summed E-state index contributed by atoms with van der Waals surface area (Å²) in [6, 6.07) is 16.4. The van der Waals surface area contributed by atoms with Gasteiger partial charge in [-0.25, -0.2) is 4.98 Å². The van der Waals surface area contributed by atoms with Crippen molar-refractivity contribution in [2.45, 2.75) is 36.2 Å². The average Bonchev–Trinajstić information content (AvgIpc) is 2.92. The van der Waals surface area contributed by atoms with E-state index in [1.54, 1.807) is 11.8 Å². The number of nitrogens with zero attached hydrogens (tertiary/aromatic N) is 3. The van der Waals surface area contributed by atoms with Crippen molar-refractivity contribution in [2.24, 2.45) is 0 Å². The molecule has 0 fully saturated rings. The Kier molecular flexibility index (Phi) is 4.59. The molecule has 2 aromatic heterocycles. The van der Waals surface area contributed by atoms with Gasteiger partial charge in [0, 0.05) is 11.1 Å². The van der Waals surface area contributed by atoms with Crippen molar-refractivity contribution >= 4 is 11.8 Å². The second kappa shape index (κ2) is 6.79. The molecule has 0 atom stereocenters. The summed E-state index contributed by atoms with van der Waals surface area (Å²) in [6.07, 6.45) is 3.76. The van der Waals surface area contributed by atoms with Crippen LogP contribution in [0.2, 0.25) is 0 Å². The van der Waals surface area contributed by atoms with E-state index < -0.39 is 0 Å². The number of pyridine rings is 1. The Morgan fingerprint density at radius 3 is 2.45 bits per heavy atom. The first-order chi connectivity index (χ1) is 10.7. The highest BCUT2D eigenvalue weighted by Crippen LogP contribution is 2.33. The number of hydrogen-bond donors (Lipinski definition) is 0. The molecule has 2 heterocycles. The lowest BCUT2D eigenvalue weighted by atomic mass is 10.1. The molecule has 0 amide bonds. The molecule has 0 bridgehead atoms. The fourth-order valence-corrected chi connectivity index (χ4v) is 3.41. The van der Waals surface area contributed by atoms with Crippen LogP contribution in [0.4, 0.5) is 0 Å². The van der Waals surface area contributed by atoms with Gasteiger partial charge in [0.1, 0.15) is 5.03 Å². The molecule has 0 N–H and O–H groups in total. The van der Waals surface area contributed by atoms with E-state index >= 15 is 0 Å². The fourth-order valence-electron chi connectivity index (χ4n) is 2.27. The van der Waals surface area contributed by atoms with Crippen LogP contribution in [0, 0.1) is 0 Å². The Morgan fingerprint density at radius 2 is 1.77 bits per heavy atom. The molecule has 0 unspecified atom stereocenters. The van der Waals surface area contributed by atoms with Crippen LogP contribution in [0.25, 0.3) is 0 Å². The SMILES string of the molecule is CC(C)c1ncn(Cc2ccccn2)c1Sc1ccccc1. The van der Waals surface area contributed by atoms with E-state index in [1.165, 1.54) is 9.92 Å². The summed E-state index contributed by atoms with van der Waals surface area (Å²) in [6.45, 7) is 5.11. The zero-order valence-electron chi connectivity index (χ0n) is 12.8. The van der Waals surface area contributed by atoms with E-state index in [4.69, 9.17) is 0 Å². The fraction of sp³-hybridized carbons (Fsp3) is 0.222. The van der Waals surface area contributed by atoms with Crippen molar-refractivity contribution in [1.82, 2.24) is 14.5 Å². The normalized spacial score (nSPS) is 11.0. The summed E-state index contributed by atoms with van der Waals surface area (Å²) in [5.41, 5.74) is 2.19. The van der Waals surface area contributed by atoms with Gasteiger partial charge in [0.25, 0.3) is 0 Å². The molecule has 0 saturated carbocycles. The van der Waals surface area contributed by atoms with Gasteiger partial charge in [-0.05, 0) is 30.2 Å². The van der Waals surface area contributed by atoms with Gasteiger partial charge in [-0.15, -0.1) is 0 Å². The van der Waals surface area contributed by atoms with Crippen LogP contribution in [-0.4, -0.2) is 14.5 Å². The summed E-state index contributed by atoms with van der Waals surface area (Å²) in [4.78, 5) is 10.3. The van der Waals surface area contributed by atoms with E-state index in [0.29, 0.717) is 5.92 Å². The molecule has 0 radical (unpaired) electrons. The van der Waals surface area contributed by atoms with Crippen molar-refractivity contribution in [3.05, 3.63) is 72.4 Å². The maximum atomic E-state index is 4.62. The summed E-state index contributed by atoms with van der Waals surface area (Å²) in [5.74, 6) is 0.399. The van der Waals surface area contributed by atoms with Gasteiger partial charge >= 0.3 is 0 Å². The first-order valence-electron chi connectivity index (χ1n) is 7.42. The third kappa shape index (κ3) is 3.39. The molecule has 0 spiro atoms. The smallest absolute Gasteiger partial charge is 0.103 e. The monoisotopic (exact) mass is 309 g/mol. The molecule has 0 aliphatic carbocycles. The van der Waals surface area contributed by atoms with Crippen LogP contribution < -0.4 is 0 Å². The third-order valence-electron chi connectivity index (χ3n) is 3.38. The van der Waals surface area contributed by atoms with Gasteiger partial charge in [0.05, 0.1) is 24.3 Å². The van der Waals surface area contributed by atoms with Crippen molar-refractivity contribution < 1.29 is 0 Å². The number of hydrogen-bond acceptors (Lipinski definition) is 3. The number of aromatic nitrogens is 3. The largest absolute Gasteiger partial charge is 0.319 e. The lowest BCUT2D eigenvalue weighted by Crippen LogP contribution is -2.02. The molecule has 1 aromatic carbocycles. The summed E-state index contributed by atoms with van der Waals surface area (Å²) < 4.78 is 2.19. The van der Waals surface area contributed by atoms with Crippen LogP contribution in [0.3, 0.4) is 0 Å². The van der Waals surface area contributed by atoms with Crippen LogP contribution in [0.5, 0.6) is 0 Å². The molecule has 3 aromatic rings. The van der Waals surface area contributed by atoms with E-state index in [-0.39, 0.29) is 0 Å². The molecule has 3 nitrogen and oxygen atoms in total. The van der Waals surface area contributed by atoms with E-state index in [9.17, 15) is 0 Å². The molecule has 0 saturated heterocycles. The maximum Gasteiger partial charge on any atom is 0.103 e. The predicted octanol–water partition coefficient (Wildman–Crippen LogP) is 4.60. The first kappa shape index (κ1) is 14.9. The second-order valence-corrected chi connectivity index (χ2v) is 6.52. The van der Waals surface area contributed by atoms with E-state index in [0.717, 1.165) is 17.9 Å². The summed E-state index contributed by atoms with van der Waals surface area (Å²) in [7, 11) is 0. The third-order valence-corrected chi connectivity index (χ3v) is 4.52. The van der Waals surface area contributed by atoms with Crippen molar-refractivity contribution in [3.8, 4) is 0 Å². The Morgan fingerprint density at radius 1 is 1.00 bits per heavy atom. The van der Waals surface area contributed by atoms with E-state index in [2.05, 4.69) is 52.6 Å². The van der Waals surface area contributed by atoms with Gasteiger partial charge in [-0.3, -0.25) is 4.98 Å². The number of imidazole rings is 1. The van der Waals surface area contributed by atoms with Crippen LogP contribution in [0.15, 0.2) is 71.0 Å². The molecule has 3 rings (SSSR count). The molecular formula is C18H19N3S. The Bertz CT molecular complexity index is 721. The highest BCUT2D eigenvalue weighted by Gasteiger charge is 2.15. The topological polar surface area (TPSA) is 30.7 Å². The lowest BCUT2D eigenvalue weighted by molar-refractivity contribution is 0.695. The average molecular weight is 309 g/mol. The minimum absolute atomic E-state index is 0.399. The molecule has 4 heteroatoms. The van der Waals surface area contributed by atoms with Gasteiger partial charge in [0.2, 0.25) is 0 Å². The highest BCUT2D eigenvalue weighted by molar-refractivity contribution is 7.99. The minimum Gasteiger partial charge on any atom is -0.319 e. The number of benzene rings is 1. The van der Waals surface area contributed by atoms with Crippen LogP contribution in [-0.2, 0) is 6.54 Å². The minimum atomic E-state index is 0.399. The Labute approximate surface area is 135 Å². The van der Waals surface area contributed by atoms with Gasteiger partial charge < -0.3 is 4.57 Å². The molecular weight excluding hydrogens is 290 g/mol. The zero-order chi connectivity index (χ0) is 15.4. The summed E-state index contributed by atoms with van der Waals surface area (Å²) >= 11 is 1.77. The van der Waals surface area contributed by atoms with Crippen LogP contribution >= 0.6 is 11.8 Å². The lowest BCUT2D eigenvalue weighted by Gasteiger charge is -2.11. The highest BCUT2D eigenvalue weighted by atomic mass is 32.2. The Hall–Kier alpha value is -2.07. The zero-order valence-corrected chi connectivity index (χ0v) is 13.6. The van der Waals surface area contributed by atoms with Crippen LogP contribution in [0.1, 0.15) is 31.2 Å².